The highest BCUT2D eigenvalue weighted by Crippen LogP contribution is 2.16. The summed E-state index contributed by atoms with van der Waals surface area (Å²) in [6.45, 7) is 5.20. The van der Waals surface area contributed by atoms with Crippen LogP contribution < -0.4 is 21.3 Å². The fourth-order valence-corrected chi connectivity index (χ4v) is 4.21. The van der Waals surface area contributed by atoms with E-state index in [4.69, 9.17) is 0 Å². The lowest BCUT2D eigenvalue weighted by Gasteiger charge is -2.25. The Morgan fingerprint density at radius 3 is 2.15 bits per heavy atom. The van der Waals surface area contributed by atoms with Gasteiger partial charge in [-0.05, 0) is 68.5 Å². The molecule has 0 heterocycles. The van der Waals surface area contributed by atoms with E-state index >= 15 is 0 Å². The number of anilines is 2. The molecule has 0 spiro atoms. The lowest BCUT2D eigenvalue weighted by atomic mass is 9.93. The van der Waals surface area contributed by atoms with Crippen molar-refractivity contribution in [2.24, 2.45) is 0 Å². The van der Waals surface area contributed by atoms with Crippen LogP contribution in [0.1, 0.15) is 43.4 Å². The summed E-state index contributed by atoms with van der Waals surface area (Å²) in [7, 11) is 0. The number of carboxylic acid groups (broad SMARTS) is 1. The number of nitrogens with one attached hydrogen (secondary N) is 4. The standard InChI is InChI=1S/C32H38N4O5/c1-22-9-7-8-12-27(22)36-31(41)35-25-16-14-24(15-17-25)19-28(37)32(2,3)33-21-29(38)34-26(20-30(39)40)18-13-23-10-5-4-6-11-23/h4-12,14-17,26,33H,13,18-21H2,1-3H3,(H,34,38)(H,39,40)(H2,35,36,41). The highest BCUT2D eigenvalue weighted by Gasteiger charge is 2.28. The minimum atomic E-state index is -0.992. The molecule has 41 heavy (non-hydrogen) atoms. The van der Waals surface area contributed by atoms with Crippen molar-refractivity contribution in [1.82, 2.24) is 10.6 Å². The van der Waals surface area contributed by atoms with E-state index in [9.17, 15) is 24.3 Å². The van der Waals surface area contributed by atoms with Gasteiger partial charge in [-0.2, -0.15) is 0 Å². The number of carboxylic acids is 1. The van der Waals surface area contributed by atoms with Crippen molar-refractivity contribution in [2.75, 3.05) is 17.2 Å². The van der Waals surface area contributed by atoms with Crippen LogP contribution in [0.15, 0.2) is 78.9 Å². The zero-order valence-corrected chi connectivity index (χ0v) is 23.7. The number of Topliss-reactive ketones (excluding diaryl/α,β-unsaturated/α-hetero) is 1. The molecule has 9 nitrogen and oxygen atoms in total. The molecule has 3 aromatic rings. The maximum atomic E-state index is 13.0. The summed E-state index contributed by atoms with van der Waals surface area (Å²) in [6.07, 6.45) is 1.08. The smallest absolute Gasteiger partial charge is 0.323 e. The van der Waals surface area contributed by atoms with Crippen LogP contribution in [0, 0.1) is 6.92 Å². The molecule has 0 aromatic heterocycles. The van der Waals surface area contributed by atoms with Gasteiger partial charge in [0.15, 0.2) is 5.78 Å². The minimum absolute atomic E-state index is 0.116. The molecule has 0 aliphatic heterocycles. The Hall–Kier alpha value is -4.50. The summed E-state index contributed by atoms with van der Waals surface area (Å²) in [5.41, 5.74) is 3.10. The average Bonchev–Trinajstić information content (AvgIpc) is 2.93. The highest BCUT2D eigenvalue weighted by molar-refractivity contribution is 6.00. The number of hydrogen-bond acceptors (Lipinski definition) is 5. The lowest BCUT2D eigenvalue weighted by Crippen LogP contribution is -2.52. The highest BCUT2D eigenvalue weighted by atomic mass is 16.4. The fourth-order valence-electron chi connectivity index (χ4n) is 4.21. The Morgan fingerprint density at radius 2 is 1.49 bits per heavy atom. The van der Waals surface area contributed by atoms with Crippen molar-refractivity contribution < 1.29 is 24.3 Å². The number of aryl methyl sites for hydroxylation is 2. The largest absolute Gasteiger partial charge is 0.481 e. The Morgan fingerprint density at radius 1 is 0.829 bits per heavy atom. The molecule has 5 N–H and O–H groups in total. The van der Waals surface area contributed by atoms with Gasteiger partial charge in [0, 0.05) is 23.8 Å². The second-order valence-electron chi connectivity index (χ2n) is 10.6. The van der Waals surface area contributed by atoms with Crippen LogP contribution in [-0.2, 0) is 27.2 Å². The van der Waals surface area contributed by atoms with Gasteiger partial charge >= 0.3 is 12.0 Å². The van der Waals surface area contributed by atoms with Gasteiger partial charge in [0.25, 0.3) is 0 Å². The molecule has 0 fully saturated rings. The van der Waals surface area contributed by atoms with E-state index in [-0.39, 0.29) is 37.1 Å². The van der Waals surface area contributed by atoms with E-state index in [1.807, 2.05) is 61.5 Å². The summed E-state index contributed by atoms with van der Waals surface area (Å²) in [5.74, 6) is -1.47. The van der Waals surface area contributed by atoms with Crippen molar-refractivity contribution in [3.05, 3.63) is 95.6 Å². The number of urea groups is 1. The van der Waals surface area contributed by atoms with Gasteiger partial charge in [-0.25, -0.2) is 4.79 Å². The molecule has 216 valence electrons. The van der Waals surface area contributed by atoms with E-state index in [1.54, 1.807) is 38.1 Å². The average molecular weight is 559 g/mol. The minimum Gasteiger partial charge on any atom is -0.481 e. The molecule has 0 saturated carbocycles. The van der Waals surface area contributed by atoms with Gasteiger partial charge in [-0.15, -0.1) is 0 Å². The monoisotopic (exact) mass is 558 g/mol. The van der Waals surface area contributed by atoms with Crippen LogP contribution in [0.4, 0.5) is 16.2 Å². The molecule has 0 aliphatic rings. The number of para-hydroxylation sites is 1. The van der Waals surface area contributed by atoms with Crippen LogP contribution in [0.25, 0.3) is 0 Å². The number of rotatable bonds is 14. The quantitative estimate of drug-likeness (QED) is 0.194. The summed E-state index contributed by atoms with van der Waals surface area (Å²) in [6, 6.07) is 23.3. The van der Waals surface area contributed by atoms with Gasteiger partial charge in [0.2, 0.25) is 5.91 Å². The van der Waals surface area contributed by atoms with Crippen molar-refractivity contribution in [3.63, 3.8) is 0 Å². The molecular formula is C32H38N4O5. The first-order valence-corrected chi connectivity index (χ1v) is 13.6. The molecule has 3 amide bonds. The zero-order chi connectivity index (χ0) is 29.8. The summed E-state index contributed by atoms with van der Waals surface area (Å²) >= 11 is 0. The van der Waals surface area contributed by atoms with Crippen LogP contribution >= 0.6 is 0 Å². The van der Waals surface area contributed by atoms with E-state index in [1.165, 1.54) is 0 Å². The van der Waals surface area contributed by atoms with E-state index in [0.29, 0.717) is 18.5 Å². The molecule has 1 atom stereocenters. The summed E-state index contributed by atoms with van der Waals surface area (Å²) in [4.78, 5) is 49.3. The maximum absolute atomic E-state index is 13.0. The number of benzene rings is 3. The Labute approximate surface area is 240 Å². The molecule has 0 bridgehead atoms. The predicted octanol–water partition coefficient (Wildman–Crippen LogP) is 4.71. The zero-order valence-electron chi connectivity index (χ0n) is 23.7. The third-order valence-electron chi connectivity index (χ3n) is 6.77. The number of aliphatic carboxylic acids is 1. The second kappa shape index (κ2) is 14.8. The number of carbonyl (C=O) groups excluding carboxylic acids is 3. The van der Waals surface area contributed by atoms with Crippen LogP contribution in [0.3, 0.4) is 0 Å². The van der Waals surface area contributed by atoms with E-state index in [0.717, 1.165) is 22.4 Å². The number of carbonyl (C=O) groups is 4. The molecule has 0 radical (unpaired) electrons. The summed E-state index contributed by atoms with van der Waals surface area (Å²) < 4.78 is 0. The summed E-state index contributed by atoms with van der Waals surface area (Å²) in [5, 5.41) is 20.6. The molecule has 9 heteroatoms. The molecular weight excluding hydrogens is 520 g/mol. The molecule has 0 aliphatic carbocycles. The molecule has 3 aromatic carbocycles. The molecule has 0 saturated heterocycles. The van der Waals surface area contributed by atoms with Crippen LogP contribution in [0.2, 0.25) is 0 Å². The first kappa shape index (κ1) is 31.0. The number of ketones is 1. The predicted molar refractivity (Wildman–Crippen MR) is 160 cm³/mol. The molecule has 3 rings (SSSR count). The van der Waals surface area contributed by atoms with Gasteiger partial charge in [0.1, 0.15) is 0 Å². The van der Waals surface area contributed by atoms with Crippen molar-refractivity contribution in [2.45, 2.75) is 58.0 Å². The van der Waals surface area contributed by atoms with Crippen molar-refractivity contribution in [3.8, 4) is 0 Å². The third kappa shape index (κ3) is 10.5. The normalized spacial score (nSPS) is 11.8. The number of amides is 3. The van der Waals surface area contributed by atoms with Crippen molar-refractivity contribution in [1.29, 1.82) is 0 Å². The topological polar surface area (TPSA) is 137 Å². The second-order valence-corrected chi connectivity index (χ2v) is 10.6. The lowest BCUT2D eigenvalue weighted by molar-refractivity contribution is -0.137. The molecule has 1 unspecified atom stereocenters. The van der Waals surface area contributed by atoms with Gasteiger partial charge in [0.05, 0.1) is 18.5 Å². The van der Waals surface area contributed by atoms with E-state index in [2.05, 4.69) is 21.3 Å². The Kier molecular flexibility index (Phi) is 11.2. The van der Waals surface area contributed by atoms with Crippen LogP contribution in [-0.4, -0.2) is 46.9 Å². The Balaban J connectivity index is 1.47. The maximum Gasteiger partial charge on any atom is 0.323 e. The first-order chi connectivity index (χ1) is 19.5. The van der Waals surface area contributed by atoms with Gasteiger partial charge in [-0.1, -0.05) is 60.7 Å². The first-order valence-electron chi connectivity index (χ1n) is 13.6. The SMILES string of the molecule is Cc1ccccc1NC(=O)Nc1ccc(CC(=O)C(C)(C)NCC(=O)NC(CCc2ccccc2)CC(=O)O)cc1. The fraction of sp³-hybridized carbons (Fsp3) is 0.312. The van der Waals surface area contributed by atoms with Gasteiger partial charge < -0.3 is 21.1 Å². The van der Waals surface area contributed by atoms with Gasteiger partial charge in [-0.3, -0.25) is 19.7 Å². The van der Waals surface area contributed by atoms with Crippen LogP contribution in [0.5, 0.6) is 0 Å². The van der Waals surface area contributed by atoms with Crippen molar-refractivity contribution >= 4 is 35.1 Å². The Bertz CT molecular complexity index is 1340. The number of hydrogen-bond donors (Lipinski definition) is 5. The third-order valence-corrected chi connectivity index (χ3v) is 6.77. The van der Waals surface area contributed by atoms with E-state index < -0.39 is 17.6 Å².